The van der Waals surface area contributed by atoms with Gasteiger partial charge in [0.2, 0.25) is 5.91 Å². The molecular formula is C14H25N5O3S. The summed E-state index contributed by atoms with van der Waals surface area (Å²) in [5, 5.41) is 14.8. The zero-order chi connectivity index (χ0) is 17.1. The third-order valence-electron chi connectivity index (χ3n) is 3.30. The Hall–Kier alpha value is -1.19. The van der Waals surface area contributed by atoms with Crippen LogP contribution < -0.4 is 5.32 Å². The van der Waals surface area contributed by atoms with Crippen molar-refractivity contribution < 1.29 is 14.3 Å². The van der Waals surface area contributed by atoms with Crippen molar-refractivity contribution in [2.75, 3.05) is 30.9 Å². The molecule has 0 unspecified atom stereocenters. The number of ether oxygens (including phenoxy) is 2. The van der Waals surface area contributed by atoms with Gasteiger partial charge in [0.15, 0.2) is 0 Å². The molecule has 130 valence electrons. The average molecular weight is 343 g/mol. The normalized spacial score (nSPS) is 19.6. The summed E-state index contributed by atoms with van der Waals surface area (Å²) >= 11 is 1.53. The molecule has 0 bridgehead atoms. The van der Waals surface area contributed by atoms with Crippen molar-refractivity contribution in [2.45, 2.75) is 51.0 Å². The van der Waals surface area contributed by atoms with Gasteiger partial charge in [-0.25, -0.2) is 0 Å². The molecule has 1 aromatic rings. The van der Waals surface area contributed by atoms with Gasteiger partial charge in [0.05, 0.1) is 36.2 Å². The largest absolute Gasteiger partial charge is 0.376 e. The molecule has 0 aromatic carbocycles. The Kier molecular flexibility index (Phi) is 5.64. The van der Waals surface area contributed by atoms with Crippen LogP contribution in [0.25, 0.3) is 0 Å². The van der Waals surface area contributed by atoms with E-state index < -0.39 is 4.75 Å². The van der Waals surface area contributed by atoms with Crippen molar-refractivity contribution in [3.05, 3.63) is 0 Å². The van der Waals surface area contributed by atoms with Gasteiger partial charge >= 0.3 is 0 Å². The number of carbonyl (C=O) groups excluding carboxylic acids is 1. The summed E-state index contributed by atoms with van der Waals surface area (Å²) in [6, 6.07) is 0. The first-order chi connectivity index (χ1) is 10.7. The standard InChI is InChI=1S/C14H25N5O3S/c1-13(2,3)19-17-12(16-18-19)15-11(20)14(4,5)23-9-10-8-21-6-7-22-10/h10H,6-9H2,1-5H3,(H,15,17,20)/t10-/m1/s1. The number of amides is 1. The summed E-state index contributed by atoms with van der Waals surface area (Å²) in [5.41, 5.74) is -0.279. The predicted octanol–water partition coefficient (Wildman–Crippen LogP) is 1.29. The molecule has 8 nitrogen and oxygen atoms in total. The lowest BCUT2D eigenvalue weighted by molar-refractivity contribution is -0.117. The zero-order valence-corrected chi connectivity index (χ0v) is 15.1. The molecular weight excluding hydrogens is 318 g/mol. The van der Waals surface area contributed by atoms with E-state index >= 15 is 0 Å². The third-order valence-corrected chi connectivity index (χ3v) is 4.75. The van der Waals surface area contributed by atoms with E-state index in [1.54, 1.807) is 0 Å². The first-order valence-electron chi connectivity index (χ1n) is 7.64. The van der Waals surface area contributed by atoms with E-state index in [1.807, 2.05) is 34.6 Å². The quantitative estimate of drug-likeness (QED) is 0.861. The monoisotopic (exact) mass is 343 g/mol. The molecule has 1 aliphatic heterocycles. The lowest BCUT2D eigenvalue weighted by Crippen LogP contribution is -2.38. The van der Waals surface area contributed by atoms with Crippen LogP contribution in [-0.2, 0) is 19.8 Å². The van der Waals surface area contributed by atoms with Crippen LogP contribution in [0, 0.1) is 0 Å². The van der Waals surface area contributed by atoms with Gasteiger partial charge in [-0.2, -0.15) is 4.80 Å². The highest BCUT2D eigenvalue weighted by atomic mass is 32.2. The van der Waals surface area contributed by atoms with Crippen molar-refractivity contribution in [1.82, 2.24) is 20.2 Å². The molecule has 2 heterocycles. The van der Waals surface area contributed by atoms with Gasteiger partial charge in [0, 0.05) is 5.75 Å². The van der Waals surface area contributed by atoms with Gasteiger partial charge in [-0.05, 0) is 39.8 Å². The molecule has 23 heavy (non-hydrogen) atoms. The van der Waals surface area contributed by atoms with E-state index in [4.69, 9.17) is 9.47 Å². The fourth-order valence-corrected chi connectivity index (χ4v) is 2.78. The maximum atomic E-state index is 12.4. The molecule has 1 aliphatic rings. The minimum absolute atomic E-state index is 0.0284. The molecule has 2 rings (SSSR count). The van der Waals surface area contributed by atoms with Crippen molar-refractivity contribution >= 4 is 23.6 Å². The molecule has 1 saturated heterocycles. The minimum atomic E-state index is -0.631. The van der Waals surface area contributed by atoms with E-state index in [2.05, 4.69) is 20.7 Å². The van der Waals surface area contributed by atoms with Crippen LogP contribution in [0.3, 0.4) is 0 Å². The SMILES string of the molecule is CC(C)(SC[C@H]1COCCO1)C(=O)Nc1nnn(C(C)(C)C)n1. The number of nitrogens with one attached hydrogen (secondary N) is 1. The van der Waals surface area contributed by atoms with Gasteiger partial charge in [-0.3, -0.25) is 10.1 Å². The highest BCUT2D eigenvalue weighted by molar-refractivity contribution is 8.01. The molecule has 1 N–H and O–H groups in total. The number of nitrogens with zero attached hydrogens (tertiary/aromatic N) is 4. The number of thioether (sulfide) groups is 1. The number of tetrazole rings is 1. The van der Waals surface area contributed by atoms with Gasteiger partial charge in [0.25, 0.3) is 5.95 Å². The molecule has 1 atom stereocenters. The van der Waals surface area contributed by atoms with E-state index in [-0.39, 0.29) is 23.5 Å². The van der Waals surface area contributed by atoms with Crippen LogP contribution in [0.4, 0.5) is 5.95 Å². The molecule has 0 radical (unpaired) electrons. The number of aromatic nitrogens is 4. The number of anilines is 1. The second-order valence-electron chi connectivity index (χ2n) is 6.92. The first-order valence-corrected chi connectivity index (χ1v) is 8.62. The molecule has 1 amide bonds. The highest BCUT2D eigenvalue weighted by Gasteiger charge is 2.31. The van der Waals surface area contributed by atoms with E-state index in [9.17, 15) is 4.79 Å². The topological polar surface area (TPSA) is 91.2 Å². The predicted molar refractivity (Wildman–Crippen MR) is 88.5 cm³/mol. The Bertz CT molecular complexity index is 535. The van der Waals surface area contributed by atoms with Gasteiger partial charge in [0.1, 0.15) is 0 Å². The Morgan fingerprint density at radius 2 is 2.09 bits per heavy atom. The van der Waals surface area contributed by atoms with Crippen molar-refractivity contribution in [3.8, 4) is 0 Å². The summed E-state index contributed by atoms with van der Waals surface area (Å²) in [6.07, 6.45) is 0.0284. The summed E-state index contributed by atoms with van der Waals surface area (Å²) in [4.78, 5) is 13.9. The van der Waals surface area contributed by atoms with Gasteiger partial charge in [-0.15, -0.1) is 16.9 Å². The molecule has 1 fully saturated rings. The highest BCUT2D eigenvalue weighted by Crippen LogP contribution is 2.27. The van der Waals surface area contributed by atoms with Gasteiger partial charge in [-0.1, -0.05) is 5.10 Å². The lowest BCUT2D eigenvalue weighted by Gasteiger charge is -2.27. The Morgan fingerprint density at radius 3 is 2.65 bits per heavy atom. The Balaban J connectivity index is 1.88. The number of rotatable bonds is 5. The van der Waals surface area contributed by atoms with Crippen LogP contribution in [-0.4, -0.2) is 62.5 Å². The Labute approximate surface area is 140 Å². The maximum absolute atomic E-state index is 12.4. The van der Waals surface area contributed by atoms with E-state index in [0.29, 0.717) is 25.6 Å². The van der Waals surface area contributed by atoms with Crippen LogP contribution in [0.2, 0.25) is 0 Å². The average Bonchev–Trinajstić information content (AvgIpc) is 2.95. The lowest BCUT2D eigenvalue weighted by atomic mass is 10.1. The summed E-state index contributed by atoms with van der Waals surface area (Å²) in [5.74, 6) is 0.756. The fraction of sp³-hybridized carbons (Fsp3) is 0.857. The van der Waals surface area contributed by atoms with Gasteiger partial charge < -0.3 is 9.47 Å². The molecule has 0 saturated carbocycles. The van der Waals surface area contributed by atoms with Crippen LogP contribution in [0.5, 0.6) is 0 Å². The zero-order valence-electron chi connectivity index (χ0n) is 14.3. The third kappa shape index (κ3) is 5.15. The van der Waals surface area contributed by atoms with E-state index in [1.165, 1.54) is 16.6 Å². The van der Waals surface area contributed by atoms with Crippen molar-refractivity contribution in [1.29, 1.82) is 0 Å². The molecule has 9 heteroatoms. The number of hydrogen-bond acceptors (Lipinski definition) is 7. The minimum Gasteiger partial charge on any atom is -0.376 e. The molecule has 1 aromatic heterocycles. The van der Waals surface area contributed by atoms with Crippen LogP contribution >= 0.6 is 11.8 Å². The van der Waals surface area contributed by atoms with Crippen LogP contribution in [0.15, 0.2) is 0 Å². The van der Waals surface area contributed by atoms with Crippen LogP contribution in [0.1, 0.15) is 34.6 Å². The smallest absolute Gasteiger partial charge is 0.270 e. The second kappa shape index (κ2) is 7.14. The fourth-order valence-electron chi connectivity index (χ4n) is 1.80. The van der Waals surface area contributed by atoms with Crippen molar-refractivity contribution in [3.63, 3.8) is 0 Å². The summed E-state index contributed by atoms with van der Waals surface area (Å²) in [6.45, 7) is 11.4. The first kappa shape index (κ1) is 18.2. The summed E-state index contributed by atoms with van der Waals surface area (Å²) in [7, 11) is 0. The molecule has 0 aliphatic carbocycles. The van der Waals surface area contributed by atoms with E-state index in [0.717, 1.165) is 0 Å². The molecule has 0 spiro atoms. The number of carbonyl (C=O) groups is 1. The maximum Gasteiger partial charge on any atom is 0.270 e. The Morgan fingerprint density at radius 1 is 1.35 bits per heavy atom. The summed E-state index contributed by atoms with van der Waals surface area (Å²) < 4.78 is 10.3. The number of hydrogen-bond donors (Lipinski definition) is 1. The van der Waals surface area contributed by atoms with Crippen molar-refractivity contribution in [2.24, 2.45) is 0 Å². The second-order valence-corrected chi connectivity index (χ2v) is 8.56.